The topological polar surface area (TPSA) is 12.4 Å². The molecule has 0 N–H and O–H groups in total. The van der Waals surface area contributed by atoms with E-state index in [1.54, 1.807) is 0 Å². The molecule has 17 heavy (non-hydrogen) atoms. The van der Waals surface area contributed by atoms with Crippen LogP contribution in [0.15, 0.2) is 29.3 Å². The lowest BCUT2D eigenvalue weighted by Gasteiger charge is -2.03. The molecule has 0 spiro atoms. The second-order valence-electron chi connectivity index (χ2n) is 4.54. The van der Waals surface area contributed by atoms with Gasteiger partial charge in [0.2, 0.25) is 0 Å². The van der Waals surface area contributed by atoms with Crippen LogP contribution in [0.1, 0.15) is 43.7 Å². The molecule has 1 aliphatic rings. The number of benzene rings is 1. The van der Waals surface area contributed by atoms with Crippen LogP contribution in [0.4, 0.5) is 0 Å². The first-order chi connectivity index (χ1) is 8.40. The Hall–Kier alpha value is -0.760. The largest absolute Gasteiger partial charge is 0.277 e. The van der Waals surface area contributed by atoms with E-state index < -0.39 is 0 Å². The van der Waals surface area contributed by atoms with Gasteiger partial charge in [0.25, 0.3) is 0 Å². The van der Waals surface area contributed by atoms with Crippen LogP contribution in [0, 0.1) is 0 Å². The van der Waals surface area contributed by atoms with E-state index in [1.165, 1.54) is 48.3 Å². The molecule has 0 saturated carbocycles. The highest BCUT2D eigenvalue weighted by Crippen LogP contribution is 2.19. The molecule has 92 valence electrons. The highest BCUT2D eigenvalue weighted by molar-refractivity contribution is 8.14. The fraction of sp³-hybridized carbons (Fsp3) is 0.533. The summed E-state index contributed by atoms with van der Waals surface area (Å²) < 4.78 is 0. The zero-order chi connectivity index (χ0) is 11.9. The van der Waals surface area contributed by atoms with Gasteiger partial charge in [-0.05, 0) is 18.4 Å². The lowest BCUT2D eigenvalue weighted by atomic mass is 10.0. The molecule has 1 aromatic carbocycles. The van der Waals surface area contributed by atoms with Gasteiger partial charge in [-0.2, -0.15) is 0 Å². The van der Waals surface area contributed by atoms with Crippen LogP contribution in [0.5, 0.6) is 0 Å². The lowest BCUT2D eigenvalue weighted by molar-refractivity contribution is 0.667. The number of unbranched alkanes of at least 4 members (excludes halogenated alkanes) is 3. The van der Waals surface area contributed by atoms with Crippen molar-refractivity contribution in [2.24, 2.45) is 4.99 Å². The highest BCUT2D eigenvalue weighted by atomic mass is 32.2. The minimum atomic E-state index is 0.985. The number of aryl methyl sites for hydroxylation is 1. The fourth-order valence-corrected chi connectivity index (χ4v) is 2.94. The van der Waals surface area contributed by atoms with Crippen LogP contribution in [-0.4, -0.2) is 17.3 Å². The van der Waals surface area contributed by atoms with Crippen molar-refractivity contribution in [1.82, 2.24) is 0 Å². The van der Waals surface area contributed by atoms with Gasteiger partial charge in [-0.3, -0.25) is 4.99 Å². The standard InChI is InChI=1S/C15H21NS/c1-2-3-4-5-6-13-7-9-14(10-8-13)15-16-11-12-17-15/h7-10H,2-6,11-12H2,1H3. The molecule has 0 bridgehead atoms. The van der Waals surface area contributed by atoms with Gasteiger partial charge < -0.3 is 0 Å². The number of thioether (sulfide) groups is 1. The van der Waals surface area contributed by atoms with Gasteiger partial charge in [-0.1, -0.05) is 50.5 Å². The molecule has 0 atom stereocenters. The Balaban J connectivity index is 1.85. The average molecular weight is 247 g/mol. The van der Waals surface area contributed by atoms with Crippen molar-refractivity contribution in [1.29, 1.82) is 0 Å². The van der Waals surface area contributed by atoms with Gasteiger partial charge in [0, 0.05) is 17.9 Å². The predicted octanol–water partition coefficient (Wildman–Crippen LogP) is 4.30. The number of aliphatic imine (C=N–C) groups is 1. The zero-order valence-corrected chi connectivity index (χ0v) is 11.4. The van der Waals surface area contributed by atoms with E-state index in [0.717, 1.165) is 12.3 Å². The second kappa shape index (κ2) is 6.85. The van der Waals surface area contributed by atoms with Gasteiger partial charge in [0.1, 0.15) is 0 Å². The van der Waals surface area contributed by atoms with E-state index >= 15 is 0 Å². The summed E-state index contributed by atoms with van der Waals surface area (Å²) in [5.41, 5.74) is 2.76. The average Bonchev–Trinajstić information content (AvgIpc) is 2.89. The molecule has 0 aromatic heterocycles. The smallest absolute Gasteiger partial charge is 0.0977 e. The molecule has 1 aliphatic heterocycles. The molecule has 1 aromatic rings. The van der Waals surface area contributed by atoms with Crippen molar-refractivity contribution in [2.45, 2.75) is 39.0 Å². The Bertz CT molecular complexity index is 367. The summed E-state index contributed by atoms with van der Waals surface area (Å²) in [5, 5.41) is 1.22. The molecular weight excluding hydrogens is 226 g/mol. The Morgan fingerprint density at radius 1 is 1.12 bits per heavy atom. The minimum absolute atomic E-state index is 0.985. The molecule has 0 unspecified atom stereocenters. The van der Waals surface area contributed by atoms with Gasteiger partial charge in [0.15, 0.2) is 0 Å². The van der Waals surface area contributed by atoms with E-state index in [9.17, 15) is 0 Å². The molecule has 0 amide bonds. The number of nitrogens with zero attached hydrogens (tertiary/aromatic N) is 1. The SMILES string of the molecule is CCCCCCc1ccc(C2=NCCS2)cc1. The fourth-order valence-electron chi connectivity index (χ4n) is 2.08. The van der Waals surface area contributed by atoms with Crippen LogP contribution < -0.4 is 0 Å². The van der Waals surface area contributed by atoms with Gasteiger partial charge in [0.05, 0.1) is 5.04 Å². The lowest BCUT2D eigenvalue weighted by Crippen LogP contribution is -1.93. The van der Waals surface area contributed by atoms with Gasteiger partial charge in [-0.15, -0.1) is 11.8 Å². The second-order valence-corrected chi connectivity index (χ2v) is 5.63. The summed E-state index contributed by atoms with van der Waals surface area (Å²) in [5.74, 6) is 1.15. The molecular formula is C15H21NS. The van der Waals surface area contributed by atoms with E-state index in [4.69, 9.17) is 0 Å². The van der Waals surface area contributed by atoms with Gasteiger partial charge in [-0.25, -0.2) is 0 Å². The highest BCUT2D eigenvalue weighted by Gasteiger charge is 2.08. The van der Waals surface area contributed by atoms with Crippen molar-refractivity contribution in [2.75, 3.05) is 12.3 Å². The van der Waals surface area contributed by atoms with Crippen LogP contribution in [-0.2, 0) is 6.42 Å². The van der Waals surface area contributed by atoms with Crippen LogP contribution in [0.25, 0.3) is 0 Å². The maximum absolute atomic E-state index is 4.50. The zero-order valence-electron chi connectivity index (χ0n) is 10.6. The molecule has 1 nitrogen and oxygen atoms in total. The summed E-state index contributed by atoms with van der Waals surface area (Å²) in [6, 6.07) is 8.99. The van der Waals surface area contributed by atoms with Crippen LogP contribution >= 0.6 is 11.8 Å². The maximum Gasteiger partial charge on any atom is 0.0977 e. The van der Waals surface area contributed by atoms with Crippen molar-refractivity contribution < 1.29 is 0 Å². The van der Waals surface area contributed by atoms with Gasteiger partial charge >= 0.3 is 0 Å². The summed E-state index contributed by atoms with van der Waals surface area (Å²) in [6.07, 6.45) is 6.59. The van der Waals surface area contributed by atoms with Crippen molar-refractivity contribution >= 4 is 16.8 Å². The molecule has 0 fully saturated rings. The molecule has 0 saturated heterocycles. The normalized spacial score (nSPS) is 15.0. The Morgan fingerprint density at radius 2 is 1.94 bits per heavy atom. The monoisotopic (exact) mass is 247 g/mol. The summed E-state index contributed by atoms with van der Waals surface area (Å²) in [4.78, 5) is 4.50. The summed E-state index contributed by atoms with van der Waals surface area (Å²) in [7, 11) is 0. The first-order valence-electron chi connectivity index (χ1n) is 6.66. The predicted molar refractivity (Wildman–Crippen MR) is 78.2 cm³/mol. The van der Waals surface area contributed by atoms with E-state index in [-0.39, 0.29) is 0 Å². The van der Waals surface area contributed by atoms with E-state index in [0.29, 0.717) is 0 Å². The third kappa shape index (κ3) is 3.88. The first kappa shape index (κ1) is 12.7. The molecule has 2 heteroatoms. The summed E-state index contributed by atoms with van der Waals surface area (Å²) >= 11 is 1.88. The Kier molecular flexibility index (Phi) is 5.11. The third-order valence-electron chi connectivity index (χ3n) is 3.11. The summed E-state index contributed by atoms with van der Waals surface area (Å²) in [6.45, 7) is 3.24. The molecule has 1 heterocycles. The van der Waals surface area contributed by atoms with Crippen LogP contribution in [0.2, 0.25) is 0 Å². The number of hydrogen-bond acceptors (Lipinski definition) is 2. The molecule has 2 rings (SSSR count). The minimum Gasteiger partial charge on any atom is -0.277 e. The first-order valence-corrected chi connectivity index (χ1v) is 7.65. The molecule has 0 aliphatic carbocycles. The van der Waals surface area contributed by atoms with Crippen molar-refractivity contribution in [3.8, 4) is 0 Å². The van der Waals surface area contributed by atoms with Crippen molar-refractivity contribution in [3.05, 3.63) is 35.4 Å². The number of hydrogen-bond donors (Lipinski definition) is 0. The Labute approximate surface area is 109 Å². The van der Waals surface area contributed by atoms with E-state index in [2.05, 4.69) is 36.2 Å². The number of rotatable bonds is 6. The van der Waals surface area contributed by atoms with Crippen LogP contribution in [0.3, 0.4) is 0 Å². The molecule has 0 radical (unpaired) electrons. The van der Waals surface area contributed by atoms with Crippen molar-refractivity contribution in [3.63, 3.8) is 0 Å². The Morgan fingerprint density at radius 3 is 2.59 bits per heavy atom. The van der Waals surface area contributed by atoms with E-state index in [1.807, 2.05) is 11.8 Å². The maximum atomic E-state index is 4.50. The third-order valence-corrected chi connectivity index (χ3v) is 4.13. The quantitative estimate of drug-likeness (QED) is 0.683.